The molecule has 1 heterocycles. The van der Waals surface area contributed by atoms with E-state index in [0.29, 0.717) is 28.6 Å². The maximum absolute atomic E-state index is 10.7. The van der Waals surface area contributed by atoms with Gasteiger partial charge in [-0.3, -0.25) is 4.68 Å². The van der Waals surface area contributed by atoms with Crippen molar-refractivity contribution in [3.63, 3.8) is 0 Å². The zero-order valence-corrected chi connectivity index (χ0v) is 12.6. The Balaban J connectivity index is 2.46. The Kier molecular flexibility index (Phi) is 4.68. The van der Waals surface area contributed by atoms with Crippen molar-refractivity contribution in [2.75, 3.05) is 6.61 Å². The average molecular weight is 295 g/mol. The third-order valence-corrected chi connectivity index (χ3v) is 3.34. The van der Waals surface area contributed by atoms with E-state index in [1.807, 2.05) is 45.0 Å². The number of ether oxygens (including phenoxy) is 1. The number of nitrogens with zero attached hydrogens (tertiary/aromatic N) is 2. The highest BCUT2D eigenvalue weighted by atomic mass is 35.5. The zero-order valence-electron chi connectivity index (χ0n) is 11.9. The first kappa shape index (κ1) is 14.9. The van der Waals surface area contributed by atoms with Gasteiger partial charge < -0.3 is 9.84 Å². The lowest BCUT2D eigenvalue weighted by molar-refractivity contribution is 0.198. The third-order valence-electron chi connectivity index (χ3n) is 3.05. The van der Waals surface area contributed by atoms with Gasteiger partial charge in [-0.25, -0.2) is 0 Å². The molecule has 0 aliphatic heterocycles. The van der Waals surface area contributed by atoms with Crippen LogP contribution in [0.15, 0.2) is 30.5 Å². The molecule has 0 saturated carbocycles. The molecule has 0 saturated heterocycles. The second kappa shape index (κ2) is 6.29. The number of aliphatic hydroxyl groups is 1. The number of benzene rings is 1. The summed E-state index contributed by atoms with van der Waals surface area (Å²) in [6.45, 7) is 6.44. The fourth-order valence-electron chi connectivity index (χ4n) is 2.16. The number of hydrogen-bond acceptors (Lipinski definition) is 3. The molecule has 0 radical (unpaired) electrons. The highest BCUT2D eigenvalue weighted by molar-refractivity contribution is 6.31. The molecule has 0 bridgehead atoms. The Morgan fingerprint density at radius 3 is 2.70 bits per heavy atom. The third kappa shape index (κ3) is 2.81. The summed E-state index contributed by atoms with van der Waals surface area (Å²) in [5.74, 6) is 0.662. The van der Waals surface area contributed by atoms with Gasteiger partial charge in [-0.1, -0.05) is 29.8 Å². The summed E-state index contributed by atoms with van der Waals surface area (Å²) in [6, 6.07) is 7.54. The SMILES string of the molecule is CCOc1ccccc1C(O)c1c(Cl)cnn1C(C)C. The van der Waals surface area contributed by atoms with Crippen molar-refractivity contribution < 1.29 is 9.84 Å². The van der Waals surface area contributed by atoms with Crippen LogP contribution in [0.3, 0.4) is 0 Å². The van der Waals surface area contributed by atoms with E-state index in [-0.39, 0.29) is 6.04 Å². The number of rotatable bonds is 5. The Morgan fingerprint density at radius 2 is 2.05 bits per heavy atom. The standard InChI is InChI=1S/C15H19ClN2O2/c1-4-20-13-8-6-5-7-11(13)15(19)14-12(16)9-17-18(14)10(2)3/h5-10,15,19H,4H2,1-3H3. The summed E-state index contributed by atoms with van der Waals surface area (Å²) in [4.78, 5) is 0. The fourth-order valence-corrected chi connectivity index (χ4v) is 2.39. The monoisotopic (exact) mass is 294 g/mol. The minimum Gasteiger partial charge on any atom is -0.493 e. The van der Waals surface area contributed by atoms with E-state index in [9.17, 15) is 5.11 Å². The molecule has 0 aliphatic rings. The average Bonchev–Trinajstić information content (AvgIpc) is 2.81. The summed E-state index contributed by atoms with van der Waals surface area (Å²) in [7, 11) is 0. The van der Waals surface area contributed by atoms with E-state index in [2.05, 4.69) is 5.10 Å². The van der Waals surface area contributed by atoms with Crippen molar-refractivity contribution in [1.29, 1.82) is 0 Å². The number of hydrogen-bond donors (Lipinski definition) is 1. The van der Waals surface area contributed by atoms with Crippen LogP contribution in [0, 0.1) is 0 Å². The molecule has 1 N–H and O–H groups in total. The van der Waals surface area contributed by atoms with Gasteiger partial charge >= 0.3 is 0 Å². The summed E-state index contributed by atoms with van der Waals surface area (Å²) in [6.07, 6.45) is 0.693. The molecule has 4 nitrogen and oxygen atoms in total. The number of aromatic nitrogens is 2. The molecule has 0 fully saturated rings. The summed E-state index contributed by atoms with van der Waals surface area (Å²) in [5.41, 5.74) is 1.28. The van der Waals surface area contributed by atoms with Crippen molar-refractivity contribution in [2.24, 2.45) is 0 Å². The molecule has 2 rings (SSSR count). The maximum Gasteiger partial charge on any atom is 0.126 e. The second-order valence-electron chi connectivity index (χ2n) is 4.79. The van der Waals surface area contributed by atoms with Gasteiger partial charge in [-0.05, 0) is 26.8 Å². The van der Waals surface area contributed by atoms with E-state index < -0.39 is 6.10 Å². The Bertz CT molecular complexity index is 581. The molecule has 1 aromatic heterocycles. The van der Waals surface area contributed by atoms with Crippen LogP contribution in [-0.4, -0.2) is 21.5 Å². The quantitative estimate of drug-likeness (QED) is 0.916. The molecule has 2 aromatic rings. The van der Waals surface area contributed by atoms with Gasteiger partial charge in [0, 0.05) is 11.6 Å². The zero-order chi connectivity index (χ0) is 14.7. The van der Waals surface area contributed by atoms with Gasteiger partial charge in [0.25, 0.3) is 0 Å². The van der Waals surface area contributed by atoms with Crippen molar-refractivity contribution >= 4 is 11.6 Å². The van der Waals surface area contributed by atoms with Gasteiger partial charge in [0.1, 0.15) is 11.9 Å². The molecule has 108 valence electrons. The largest absolute Gasteiger partial charge is 0.493 e. The number of para-hydroxylation sites is 1. The topological polar surface area (TPSA) is 47.3 Å². The van der Waals surface area contributed by atoms with Crippen LogP contribution in [0.5, 0.6) is 5.75 Å². The predicted octanol–water partition coefficient (Wildman–Crippen LogP) is 3.60. The van der Waals surface area contributed by atoms with Crippen LogP contribution in [-0.2, 0) is 0 Å². The van der Waals surface area contributed by atoms with Crippen molar-refractivity contribution in [1.82, 2.24) is 9.78 Å². The molecule has 1 aromatic carbocycles. The summed E-state index contributed by atoms with van der Waals surface area (Å²) >= 11 is 6.18. The normalized spacial score (nSPS) is 12.7. The first-order valence-corrected chi connectivity index (χ1v) is 7.06. The first-order chi connectivity index (χ1) is 9.56. The lowest BCUT2D eigenvalue weighted by Gasteiger charge is -2.19. The van der Waals surface area contributed by atoms with Crippen LogP contribution in [0.2, 0.25) is 5.02 Å². The predicted molar refractivity (Wildman–Crippen MR) is 79.3 cm³/mol. The molecule has 1 unspecified atom stereocenters. The van der Waals surface area contributed by atoms with E-state index in [0.717, 1.165) is 0 Å². The Labute approximate surface area is 123 Å². The van der Waals surface area contributed by atoms with E-state index in [1.165, 1.54) is 0 Å². The summed E-state index contributed by atoms with van der Waals surface area (Å²) < 4.78 is 7.30. The van der Waals surface area contributed by atoms with Crippen LogP contribution >= 0.6 is 11.6 Å². The van der Waals surface area contributed by atoms with Gasteiger partial charge in [-0.2, -0.15) is 5.10 Å². The van der Waals surface area contributed by atoms with Crippen molar-refractivity contribution in [2.45, 2.75) is 32.9 Å². The number of aliphatic hydroxyl groups excluding tert-OH is 1. The molecular formula is C15H19ClN2O2. The van der Waals surface area contributed by atoms with E-state index in [1.54, 1.807) is 10.9 Å². The minimum atomic E-state index is -0.866. The van der Waals surface area contributed by atoms with Gasteiger partial charge in [0.15, 0.2) is 0 Å². The van der Waals surface area contributed by atoms with Crippen LogP contribution in [0.1, 0.15) is 44.2 Å². The molecule has 0 amide bonds. The second-order valence-corrected chi connectivity index (χ2v) is 5.20. The fraction of sp³-hybridized carbons (Fsp3) is 0.400. The minimum absolute atomic E-state index is 0.117. The molecule has 1 atom stereocenters. The van der Waals surface area contributed by atoms with Gasteiger partial charge in [0.05, 0.1) is 23.5 Å². The van der Waals surface area contributed by atoms with Crippen LogP contribution in [0.4, 0.5) is 0 Å². The van der Waals surface area contributed by atoms with E-state index in [4.69, 9.17) is 16.3 Å². The van der Waals surface area contributed by atoms with Crippen molar-refractivity contribution in [3.8, 4) is 5.75 Å². The highest BCUT2D eigenvalue weighted by Crippen LogP contribution is 2.34. The Morgan fingerprint density at radius 1 is 1.35 bits per heavy atom. The molecule has 0 aliphatic carbocycles. The first-order valence-electron chi connectivity index (χ1n) is 6.69. The number of halogens is 1. The van der Waals surface area contributed by atoms with Crippen LogP contribution in [0.25, 0.3) is 0 Å². The van der Waals surface area contributed by atoms with Gasteiger partial charge in [0.2, 0.25) is 0 Å². The maximum atomic E-state index is 10.7. The smallest absolute Gasteiger partial charge is 0.126 e. The lowest BCUT2D eigenvalue weighted by atomic mass is 10.0. The van der Waals surface area contributed by atoms with Crippen LogP contribution < -0.4 is 4.74 Å². The molecular weight excluding hydrogens is 276 g/mol. The highest BCUT2D eigenvalue weighted by Gasteiger charge is 2.23. The van der Waals surface area contributed by atoms with Crippen molar-refractivity contribution in [3.05, 3.63) is 46.7 Å². The van der Waals surface area contributed by atoms with E-state index >= 15 is 0 Å². The summed E-state index contributed by atoms with van der Waals surface area (Å²) in [5, 5.41) is 15.4. The Hall–Kier alpha value is -1.52. The molecule has 5 heteroatoms. The lowest BCUT2D eigenvalue weighted by Crippen LogP contribution is -2.13. The molecule has 20 heavy (non-hydrogen) atoms. The molecule has 0 spiro atoms. The van der Waals surface area contributed by atoms with Gasteiger partial charge in [-0.15, -0.1) is 0 Å².